The number of halogens is 1. The van der Waals surface area contributed by atoms with Gasteiger partial charge in [0.2, 0.25) is 5.91 Å². The van der Waals surface area contributed by atoms with E-state index >= 15 is 0 Å². The molecule has 11 heavy (non-hydrogen) atoms. The van der Waals surface area contributed by atoms with E-state index in [0.717, 1.165) is 6.42 Å². The maximum atomic E-state index is 10.4. The average Bonchev–Trinajstić information content (AvgIpc) is 1.81. The van der Waals surface area contributed by atoms with Crippen molar-refractivity contribution in [3.63, 3.8) is 0 Å². The van der Waals surface area contributed by atoms with E-state index in [1.165, 1.54) is 0 Å². The molecule has 0 aliphatic carbocycles. The molecule has 3 N–H and O–H groups in total. The summed E-state index contributed by atoms with van der Waals surface area (Å²) in [5, 5.41) is 7.24. The van der Waals surface area contributed by atoms with E-state index in [-0.39, 0.29) is 24.2 Å². The second-order valence-corrected chi connectivity index (χ2v) is 2.46. The number of carbonyl (C=O) groups excluding carboxylic acids is 1. The fourth-order valence-corrected chi connectivity index (χ4v) is 0.846. The minimum absolute atomic E-state index is 0. The van der Waals surface area contributed by atoms with Crippen LogP contribution in [0, 0.1) is 11.3 Å². The summed E-state index contributed by atoms with van der Waals surface area (Å²) in [7, 11) is 0. The van der Waals surface area contributed by atoms with Gasteiger partial charge in [-0.1, -0.05) is 6.92 Å². The van der Waals surface area contributed by atoms with Crippen LogP contribution in [0.2, 0.25) is 0 Å². The third-order valence-corrected chi connectivity index (χ3v) is 1.55. The number of rotatable bonds is 4. The van der Waals surface area contributed by atoms with Gasteiger partial charge >= 0.3 is 0 Å². The van der Waals surface area contributed by atoms with Crippen molar-refractivity contribution in [2.75, 3.05) is 0 Å². The first-order valence-electron chi connectivity index (χ1n) is 3.41. The predicted octanol–water partition coefficient (Wildman–Crippen LogP) is 1.35. The maximum absolute atomic E-state index is 10.4. The Morgan fingerprint density at radius 2 is 2.09 bits per heavy atom. The van der Waals surface area contributed by atoms with Gasteiger partial charge in [0.15, 0.2) is 0 Å². The van der Waals surface area contributed by atoms with Crippen LogP contribution in [-0.2, 0) is 4.79 Å². The Kier molecular flexibility index (Phi) is 7.31. The number of nitrogens with one attached hydrogen (secondary N) is 1. The highest BCUT2D eigenvalue weighted by atomic mass is 35.5. The van der Waals surface area contributed by atoms with Gasteiger partial charge in [-0.05, 0) is 13.3 Å². The van der Waals surface area contributed by atoms with Gasteiger partial charge in [0.05, 0.1) is 0 Å². The first kappa shape index (κ1) is 13.1. The van der Waals surface area contributed by atoms with Crippen LogP contribution in [0.4, 0.5) is 0 Å². The fraction of sp³-hybridized carbons (Fsp3) is 0.714. The van der Waals surface area contributed by atoms with Crippen molar-refractivity contribution in [2.45, 2.75) is 26.7 Å². The number of primary amides is 1. The van der Waals surface area contributed by atoms with E-state index in [4.69, 9.17) is 11.1 Å². The largest absolute Gasteiger partial charge is 0.370 e. The number of hydrogen-bond acceptors (Lipinski definition) is 2. The summed E-state index contributed by atoms with van der Waals surface area (Å²) in [5.74, 6) is -0.268. The van der Waals surface area contributed by atoms with Crippen LogP contribution < -0.4 is 5.73 Å². The summed E-state index contributed by atoms with van der Waals surface area (Å²) >= 11 is 0. The zero-order valence-electron chi connectivity index (χ0n) is 6.89. The Morgan fingerprint density at radius 1 is 1.64 bits per heavy atom. The molecule has 0 bridgehead atoms. The zero-order chi connectivity index (χ0) is 8.15. The van der Waals surface area contributed by atoms with Crippen LogP contribution in [0.3, 0.4) is 0 Å². The third-order valence-electron chi connectivity index (χ3n) is 1.55. The van der Waals surface area contributed by atoms with Crippen molar-refractivity contribution in [2.24, 2.45) is 11.7 Å². The quantitative estimate of drug-likeness (QED) is 0.627. The highest BCUT2D eigenvalue weighted by Crippen LogP contribution is 2.08. The smallest absolute Gasteiger partial charge is 0.218 e. The molecule has 66 valence electrons. The molecule has 3 nitrogen and oxygen atoms in total. The molecule has 1 atom stereocenters. The molecular formula is C7H15ClN2O. The van der Waals surface area contributed by atoms with Crippen LogP contribution in [0.15, 0.2) is 0 Å². The molecule has 0 aliphatic heterocycles. The number of amides is 1. The number of hydrogen-bond donors (Lipinski definition) is 2. The monoisotopic (exact) mass is 178 g/mol. The summed E-state index contributed by atoms with van der Waals surface area (Å²) < 4.78 is 0. The van der Waals surface area contributed by atoms with Crippen molar-refractivity contribution in [1.29, 1.82) is 5.41 Å². The zero-order valence-corrected chi connectivity index (χ0v) is 7.70. The first-order chi connectivity index (χ1) is 4.57. The Bertz CT molecular complexity index is 147. The Labute approximate surface area is 73.3 Å². The molecule has 0 fully saturated rings. The molecular weight excluding hydrogens is 164 g/mol. The average molecular weight is 179 g/mol. The molecule has 0 aliphatic rings. The second-order valence-electron chi connectivity index (χ2n) is 2.46. The van der Waals surface area contributed by atoms with Crippen molar-refractivity contribution in [3.05, 3.63) is 0 Å². The van der Waals surface area contributed by atoms with E-state index in [1.54, 1.807) is 6.92 Å². The maximum Gasteiger partial charge on any atom is 0.218 e. The highest BCUT2D eigenvalue weighted by molar-refractivity contribution is 5.86. The summed E-state index contributed by atoms with van der Waals surface area (Å²) in [4.78, 5) is 10.4. The Balaban J connectivity index is 0. The third kappa shape index (κ3) is 5.85. The van der Waals surface area contributed by atoms with Crippen LogP contribution in [-0.4, -0.2) is 11.6 Å². The molecule has 0 rings (SSSR count). The summed E-state index contributed by atoms with van der Waals surface area (Å²) in [6, 6.07) is 0. The molecule has 0 heterocycles. The topological polar surface area (TPSA) is 66.9 Å². The Morgan fingerprint density at radius 3 is 2.18 bits per heavy atom. The Hall–Kier alpha value is -0.570. The van der Waals surface area contributed by atoms with E-state index in [9.17, 15) is 4.79 Å². The number of nitrogens with two attached hydrogens (primary N) is 1. The first-order valence-corrected chi connectivity index (χ1v) is 3.41. The van der Waals surface area contributed by atoms with Gasteiger partial charge in [0, 0.05) is 18.1 Å². The summed E-state index contributed by atoms with van der Waals surface area (Å²) in [6.07, 6.45) is 1.13. The van der Waals surface area contributed by atoms with Gasteiger partial charge in [0.25, 0.3) is 0 Å². The molecule has 0 aromatic heterocycles. The van der Waals surface area contributed by atoms with Crippen LogP contribution >= 0.6 is 12.4 Å². The van der Waals surface area contributed by atoms with Gasteiger partial charge in [-0.15, -0.1) is 12.4 Å². The fourth-order valence-electron chi connectivity index (χ4n) is 0.846. The number of carbonyl (C=O) groups is 1. The van der Waals surface area contributed by atoms with Gasteiger partial charge < -0.3 is 11.1 Å². The van der Waals surface area contributed by atoms with Crippen molar-refractivity contribution in [3.8, 4) is 0 Å². The standard InChI is InChI=1S/C7H14N2O.ClH/c1-3-6(5(2)8)4-7(9)10;/h6,8H,3-4H2,1-2H3,(H2,9,10);1H. The highest BCUT2D eigenvalue weighted by Gasteiger charge is 2.10. The lowest BCUT2D eigenvalue weighted by Crippen LogP contribution is -2.20. The van der Waals surface area contributed by atoms with Crippen LogP contribution in [0.5, 0.6) is 0 Å². The van der Waals surface area contributed by atoms with E-state index in [0.29, 0.717) is 12.1 Å². The lowest BCUT2D eigenvalue weighted by Gasteiger charge is -2.09. The van der Waals surface area contributed by atoms with E-state index in [1.807, 2.05) is 6.92 Å². The summed E-state index contributed by atoms with van der Waals surface area (Å²) in [5.41, 5.74) is 5.51. The SMILES string of the molecule is CCC(CC(N)=O)C(C)=N.Cl. The molecule has 0 saturated carbocycles. The molecule has 0 saturated heterocycles. The normalized spacial score (nSPS) is 11.5. The second kappa shape index (κ2) is 6.16. The molecule has 0 aromatic carbocycles. The molecule has 0 spiro atoms. The van der Waals surface area contributed by atoms with Gasteiger partial charge in [0.1, 0.15) is 0 Å². The van der Waals surface area contributed by atoms with Crippen molar-refractivity contribution >= 4 is 24.0 Å². The van der Waals surface area contributed by atoms with Crippen molar-refractivity contribution < 1.29 is 4.79 Å². The minimum Gasteiger partial charge on any atom is -0.370 e. The lowest BCUT2D eigenvalue weighted by atomic mass is 9.97. The molecule has 1 amide bonds. The minimum atomic E-state index is -0.321. The van der Waals surface area contributed by atoms with Crippen LogP contribution in [0.1, 0.15) is 26.7 Å². The van der Waals surface area contributed by atoms with Crippen LogP contribution in [0.25, 0.3) is 0 Å². The molecule has 1 unspecified atom stereocenters. The van der Waals surface area contributed by atoms with E-state index < -0.39 is 0 Å². The molecule has 0 radical (unpaired) electrons. The van der Waals surface area contributed by atoms with Gasteiger partial charge in [-0.25, -0.2) is 0 Å². The van der Waals surface area contributed by atoms with Gasteiger partial charge in [-0.2, -0.15) is 0 Å². The lowest BCUT2D eigenvalue weighted by molar-refractivity contribution is -0.118. The van der Waals surface area contributed by atoms with Gasteiger partial charge in [-0.3, -0.25) is 4.79 Å². The van der Waals surface area contributed by atoms with Crippen molar-refractivity contribution in [1.82, 2.24) is 0 Å². The predicted molar refractivity (Wildman–Crippen MR) is 48.2 cm³/mol. The molecule has 4 heteroatoms. The van der Waals surface area contributed by atoms with E-state index in [2.05, 4.69) is 0 Å². The molecule has 0 aromatic rings. The summed E-state index contributed by atoms with van der Waals surface area (Å²) in [6.45, 7) is 3.66.